The van der Waals surface area contributed by atoms with Crippen molar-refractivity contribution in [1.29, 1.82) is 0 Å². The van der Waals surface area contributed by atoms with Gasteiger partial charge in [-0.3, -0.25) is 4.90 Å². The number of ether oxygens (including phenoxy) is 1. The first kappa shape index (κ1) is 17.4. The van der Waals surface area contributed by atoms with Gasteiger partial charge in [-0.15, -0.1) is 0 Å². The molecular weight excluding hydrogens is 326 g/mol. The molecule has 0 radical (unpaired) electrons. The number of H-pyrrole nitrogens is 1. The highest BCUT2D eigenvalue weighted by molar-refractivity contribution is 6.30. The van der Waals surface area contributed by atoms with Crippen LogP contribution < -0.4 is 0 Å². The molecule has 130 valence electrons. The summed E-state index contributed by atoms with van der Waals surface area (Å²) in [7, 11) is 0. The number of hydrogen-bond acceptors (Lipinski definition) is 4. The van der Waals surface area contributed by atoms with Crippen molar-refractivity contribution < 1.29 is 9.84 Å². The molecule has 0 amide bonds. The van der Waals surface area contributed by atoms with Crippen LogP contribution in [0.4, 0.5) is 0 Å². The minimum Gasteiger partial charge on any atom is -0.389 e. The van der Waals surface area contributed by atoms with E-state index in [9.17, 15) is 5.11 Å². The van der Waals surface area contributed by atoms with Gasteiger partial charge in [0.1, 0.15) is 5.82 Å². The Morgan fingerprint density at radius 1 is 1.42 bits per heavy atom. The molecule has 2 heterocycles. The van der Waals surface area contributed by atoms with E-state index >= 15 is 0 Å². The number of aliphatic hydroxyl groups is 1. The number of likely N-dealkylation sites (tertiary alicyclic amines) is 1. The van der Waals surface area contributed by atoms with Crippen LogP contribution in [-0.4, -0.2) is 52.4 Å². The maximum atomic E-state index is 10.1. The van der Waals surface area contributed by atoms with E-state index in [0.717, 1.165) is 41.5 Å². The first-order chi connectivity index (χ1) is 11.7. The third-order valence-corrected chi connectivity index (χ3v) is 4.64. The van der Waals surface area contributed by atoms with Crippen molar-refractivity contribution in [1.82, 2.24) is 14.9 Å². The predicted octanol–water partition coefficient (Wildman–Crippen LogP) is 3.26. The van der Waals surface area contributed by atoms with E-state index in [1.165, 1.54) is 0 Å². The van der Waals surface area contributed by atoms with E-state index < -0.39 is 6.10 Å². The molecule has 2 N–H and O–H groups in total. The van der Waals surface area contributed by atoms with Crippen molar-refractivity contribution in [2.75, 3.05) is 26.3 Å². The molecule has 2 atom stereocenters. The molecule has 1 saturated heterocycles. The molecule has 1 aliphatic heterocycles. The van der Waals surface area contributed by atoms with Crippen LogP contribution in [-0.2, 0) is 4.74 Å². The summed E-state index contributed by atoms with van der Waals surface area (Å²) >= 11 is 5.95. The summed E-state index contributed by atoms with van der Waals surface area (Å²) in [6, 6.07) is 7.95. The number of hydrogen-bond donors (Lipinski definition) is 2. The van der Waals surface area contributed by atoms with E-state index in [0.29, 0.717) is 19.8 Å². The van der Waals surface area contributed by atoms with Crippen molar-refractivity contribution in [3.05, 3.63) is 41.3 Å². The van der Waals surface area contributed by atoms with Gasteiger partial charge in [-0.05, 0) is 44.0 Å². The number of nitrogens with one attached hydrogen (secondary N) is 1. The minimum absolute atomic E-state index is 0.224. The van der Waals surface area contributed by atoms with Gasteiger partial charge in [0.15, 0.2) is 0 Å². The summed E-state index contributed by atoms with van der Waals surface area (Å²) < 4.78 is 5.31. The topological polar surface area (TPSA) is 61.4 Å². The Kier molecular flexibility index (Phi) is 5.89. The highest BCUT2D eigenvalue weighted by Crippen LogP contribution is 2.31. The number of imidazole rings is 1. The van der Waals surface area contributed by atoms with E-state index in [-0.39, 0.29) is 6.04 Å². The van der Waals surface area contributed by atoms with Crippen LogP contribution in [0.15, 0.2) is 30.5 Å². The lowest BCUT2D eigenvalue weighted by molar-refractivity contribution is 0.0181. The number of nitrogens with zero attached hydrogens (tertiary/aromatic N) is 2. The molecule has 2 unspecified atom stereocenters. The Bertz CT molecular complexity index is 644. The zero-order chi connectivity index (χ0) is 16.9. The van der Waals surface area contributed by atoms with Gasteiger partial charge < -0.3 is 14.8 Å². The van der Waals surface area contributed by atoms with Gasteiger partial charge in [-0.2, -0.15) is 0 Å². The molecule has 0 saturated carbocycles. The SMILES string of the molecule is CCOCC(O)CN1CCCC1c1ncc(-c2ccc(Cl)cc2)[nH]1. The second-order valence-corrected chi connectivity index (χ2v) is 6.59. The normalized spacial score (nSPS) is 19.7. The number of rotatable bonds is 7. The van der Waals surface area contributed by atoms with Crippen LogP contribution in [0.5, 0.6) is 0 Å². The predicted molar refractivity (Wildman–Crippen MR) is 95.1 cm³/mol. The van der Waals surface area contributed by atoms with E-state index in [4.69, 9.17) is 16.3 Å². The number of aliphatic hydroxyl groups excluding tert-OH is 1. The zero-order valence-corrected chi connectivity index (χ0v) is 14.7. The Balaban J connectivity index is 1.68. The van der Waals surface area contributed by atoms with Gasteiger partial charge in [-0.1, -0.05) is 23.7 Å². The Hall–Kier alpha value is -1.40. The Labute approximate surface area is 147 Å². The second kappa shape index (κ2) is 8.12. The first-order valence-electron chi connectivity index (χ1n) is 8.48. The van der Waals surface area contributed by atoms with Crippen molar-refractivity contribution in [2.45, 2.75) is 31.9 Å². The third-order valence-electron chi connectivity index (χ3n) is 4.39. The van der Waals surface area contributed by atoms with Crippen molar-refractivity contribution in [3.63, 3.8) is 0 Å². The number of aromatic nitrogens is 2. The van der Waals surface area contributed by atoms with Crippen molar-refractivity contribution >= 4 is 11.6 Å². The molecule has 1 fully saturated rings. The average molecular weight is 350 g/mol. The van der Waals surface area contributed by atoms with Gasteiger partial charge in [0.2, 0.25) is 0 Å². The van der Waals surface area contributed by atoms with Crippen LogP contribution in [0.1, 0.15) is 31.6 Å². The first-order valence-corrected chi connectivity index (χ1v) is 8.86. The van der Waals surface area contributed by atoms with Crippen molar-refractivity contribution in [2.24, 2.45) is 0 Å². The zero-order valence-electron chi connectivity index (χ0n) is 13.9. The highest BCUT2D eigenvalue weighted by Gasteiger charge is 2.29. The molecule has 5 nitrogen and oxygen atoms in total. The van der Waals surface area contributed by atoms with Crippen LogP contribution in [0, 0.1) is 0 Å². The van der Waals surface area contributed by atoms with Gasteiger partial charge in [0, 0.05) is 18.2 Å². The van der Waals surface area contributed by atoms with Gasteiger partial charge >= 0.3 is 0 Å². The van der Waals surface area contributed by atoms with Gasteiger partial charge in [-0.25, -0.2) is 4.98 Å². The molecule has 0 spiro atoms. The Morgan fingerprint density at radius 2 is 2.21 bits per heavy atom. The molecule has 0 aliphatic carbocycles. The summed E-state index contributed by atoms with van der Waals surface area (Å²) in [5.41, 5.74) is 2.06. The Morgan fingerprint density at radius 3 is 2.96 bits per heavy atom. The largest absolute Gasteiger partial charge is 0.389 e. The standard InChI is InChI=1S/C18H24ClN3O2/c1-2-24-12-15(23)11-22-9-3-4-17(22)18-20-10-16(21-18)13-5-7-14(19)8-6-13/h5-8,10,15,17,23H,2-4,9,11-12H2,1H3,(H,20,21). The lowest BCUT2D eigenvalue weighted by atomic mass is 10.2. The molecule has 2 aromatic rings. The third kappa shape index (κ3) is 4.16. The fourth-order valence-electron chi connectivity index (χ4n) is 3.21. The van der Waals surface area contributed by atoms with Crippen LogP contribution in [0.2, 0.25) is 5.02 Å². The number of β-amino-alcohol motifs (C(OH)–C–C–N with tert-alkyl or cyclic N) is 1. The summed E-state index contributed by atoms with van der Waals surface area (Å²) in [6.45, 7) is 4.54. The molecule has 24 heavy (non-hydrogen) atoms. The molecule has 1 aromatic carbocycles. The highest BCUT2D eigenvalue weighted by atomic mass is 35.5. The monoisotopic (exact) mass is 349 g/mol. The quantitative estimate of drug-likeness (QED) is 0.805. The van der Waals surface area contributed by atoms with Gasteiger partial charge in [0.05, 0.1) is 30.6 Å². The number of benzene rings is 1. The smallest absolute Gasteiger partial charge is 0.123 e. The molecule has 1 aromatic heterocycles. The molecule has 6 heteroatoms. The number of halogens is 1. The van der Waals surface area contributed by atoms with Crippen molar-refractivity contribution in [3.8, 4) is 11.3 Å². The molecule has 3 rings (SSSR count). The van der Waals surface area contributed by atoms with E-state index in [2.05, 4.69) is 14.9 Å². The average Bonchev–Trinajstić information content (AvgIpc) is 3.22. The van der Waals surface area contributed by atoms with Crippen LogP contribution >= 0.6 is 11.6 Å². The fourth-order valence-corrected chi connectivity index (χ4v) is 3.34. The summed E-state index contributed by atoms with van der Waals surface area (Å²) in [4.78, 5) is 10.3. The number of aromatic amines is 1. The van der Waals surface area contributed by atoms with E-state index in [1.54, 1.807) is 0 Å². The molecule has 0 bridgehead atoms. The lowest BCUT2D eigenvalue weighted by Gasteiger charge is -2.25. The maximum absolute atomic E-state index is 10.1. The summed E-state index contributed by atoms with van der Waals surface area (Å²) in [5, 5.41) is 10.8. The summed E-state index contributed by atoms with van der Waals surface area (Å²) in [6.07, 6.45) is 3.57. The second-order valence-electron chi connectivity index (χ2n) is 6.16. The van der Waals surface area contributed by atoms with E-state index in [1.807, 2.05) is 37.4 Å². The lowest BCUT2D eigenvalue weighted by Crippen LogP contribution is -2.35. The molecular formula is C18H24ClN3O2. The van der Waals surface area contributed by atoms with Crippen LogP contribution in [0.25, 0.3) is 11.3 Å². The molecule has 1 aliphatic rings. The van der Waals surface area contributed by atoms with Gasteiger partial charge in [0.25, 0.3) is 0 Å². The summed E-state index contributed by atoms with van der Waals surface area (Å²) in [5.74, 6) is 0.959. The van der Waals surface area contributed by atoms with Crippen LogP contribution in [0.3, 0.4) is 0 Å². The minimum atomic E-state index is -0.462. The fraction of sp³-hybridized carbons (Fsp3) is 0.500. The maximum Gasteiger partial charge on any atom is 0.123 e.